The standard InChI is InChI=1S/C29H24NO.C14H16GeN.Ir/c1-2-8-22(9-3-1)23-10-12-28-25(18-23)26-19-24(11-13-29(26)31-28)27-17-21(14-15-30-27)16-20-6-4-5-7-20;1-15(2,3)13-9-10-14(16-11-13)12-7-5-4-6-8-12;/h1-3,8-10,12-15,17-20H,4-7,16H2;4-7,9-11H,1-3H3;/q2*-1;. The third kappa shape index (κ3) is 7.89. The van der Waals surface area contributed by atoms with Gasteiger partial charge in [-0.15, -0.1) is 23.8 Å². The number of nitrogens with zero attached hydrogens (tertiary/aromatic N) is 2. The van der Waals surface area contributed by atoms with Gasteiger partial charge in [-0.2, -0.15) is 0 Å². The molecule has 0 saturated heterocycles. The van der Waals surface area contributed by atoms with E-state index in [1.807, 2.05) is 48.8 Å². The maximum atomic E-state index is 6.09. The molecule has 5 heteroatoms. The molecule has 0 amide bonds. The molecule has 0 unspecified atom stereocenters. The molecule has 3 nitrogen and oxygen atoms in total. The van der Waals surface area contributed by atoms with Crippen LogP contribution < -0.4 is 4.40 Å². The van der Waals surface area contributed by atoms with Crippen molar-refractivity contribution in [3.63, 3.8) is 0 Å². The molecule has 1 aliphatic rings. The molecular weight excluding hydrogens is 825 g/mol. The summed E-state index contributed by atoms with van der Waals surface area (Å²) in [6.07, 6.45) is 10.6. The Hall–Kier alpha value is -3.83. The van der Waals surface area contributed by atoms with E-state index in [2.05, 4.69) is 112 Å². The van der Waals surface area contributed by atoms with Crippen LogP contribution in [0.4, 0.5) is 0 Å². The number of benzene rings is 4. The van der Waals surface area contributed by atoms with Crippen LogP contribution in [-0.4, -0.2) is 23.2 Å². The number of hydrogen-bond donors (Lipinski definition) is 0. The summed E-state index contributed by atoms with van der Waals surface area (Å²) in [5.74, 6) is 7.97. The topological polar surface area (TPSA) is 38.9 Å². The molecule has 8 rings (SSSR count). The van der Waals surface area contributed by atoms with Crippen molar-refractivity contribution < 1.29 is 24.5 Å². The first kappa shape index (κ1) is 34.1. The molecule has 4 aromatic carbocycles. The average molecular weight is 866 g/mol. The molecule has 1 aliphatic carbocycles. The average Bonchev–Trinajstić information content (AvgIpc) is 3.76. The second-order valence-corrected chi connectivity index (χ2v) is 24.3. The van der Waals surface area contributed by atoms with Gasteiger partial charge in [0.25, 0.3) is 0 Å². The third-order valence-electron chi connectivity index (χ3n) is 9.22. The number of hydrogen-bond acceptors (Lipinski definition) is 3. The Kier molecular flexibility index (Phi) is 10.8. The first-order valence-electron chi connectivity index (χ1n) is 16.7. The molecule has 7 aromatic rings. The predicted octanol–water partition coefficient (Wildman–Crippen LogP) is 10.9. The zero-order valence-electron chi connectivity index (χ0n) is 27.8. The van der Waals surface area contributed by atoms with E-state index in [1.54, 1.807) is 0 Å². The molecule has 0 bridgehead atoms. The first-order chi connectivity index (χ1) is 22.9. The predicted molar refractivity (Wildman–Crippen MR) is 198 cm³/mol. The van der Waals surface area contributed by atoms with E-state index in [4.69, 9.17) is 4.42 Å². The van der Waals surface area contributed by atoms with Gasteiger partial charge in [0.1, 0.15) is 5.58 Å². The number of aromatic nitrogens is 2. The number of rotatable bonds is 6. The SMILES string of the molecule is [CH3][Ge]([CH3])([CH3])[c]1ccc(-c2[c-]cccc2)nc1.[Ir].[c-]1cc2oc3ccc(-c4ccccc4)cc3c2cc1-c1cc(CC2CCCC2)ccn1. The minimum atomic E-state index is -1.72. The molecule has 1 radical (unpaired) electrons. The van der Waals surface area contributed by atoms with E-state index in [0.29, 0.717) is 0 Å². The van der Waals surface area contributed by atoms with Crippen LogP contribution in [0.1, 0.15) is 31.2 Å². The third-order valence-corrected chi connectivity index (χ3v) is 13.5. The molecule has 3 aromatic heterocycles. The van der Waals surface area contributed by atoms with E-state index in [1.165, 1.54) is 46.8 Å². The molecule has 0 atom stereocenters. The maximum absolute atomic E-state index is 6.09. The van der Waals surface area contributed by atoms with E-state index >= 15 is 0 Å². The Morgan fingerprint density at radius 3 is 2.23 bits per heavy atom. The summed E-state index contributed by atoms with van der Waals surface area (Å²) in [5, 5.41) is 2.25. The Bertz CT molecular complexity index is 2100. The van der Waals surface area contributed by atoms with Crippen molar-refractivity contribution in [2.24, 2.45) is 5.92 Å². The van der Waals surface area contributed by atoms with E-state index in [9.17, 15) is 0 Å². The zero-order chi connectivity index (χ0) is 32.2. The van der Waals surface area contributed by atoms with Crippen LogP contribution >= 0.6 is 0 Å². The summed E-state index contributed by atoms with van der Waals surface area (Å²) in [4.78, 5) is 9.19. The molecule has 0 N–H and O–H groups in total. The van der Waals surface area contributed by atoms with Crippen LogP contribution in [0.5, 0.6) is 0 Å². The van der Waals surface area contributed by atoms with Gasteiger partial charge in [0, 0.05) is 31.7 Å². The van der Waals surface area contributed by atoms with Crippen molar-refractivity contribution in [3.05, 3.63) is 139 Å². The van der Waals surface area contributed by atoms with Gasteiger partial charge in [-0.3, -0.25) is 0 Å². The summed E-state index contributed by atoms with van der Waals surface area (Å²) in [6.45, 7) is 0. The van der Waals surface area contributed by atoms with Gasteiger partial charge in [-0.1, -0.05) is 79.1 Å². The minimum Gasteiger partial charge on any atom is -0.500 e. The fourth-order valence-corrected chi connectivity index (χ4v) is 8.70. The van der Waals surface area contributed by atoms with Gasteiger partial charge >= 0.3 is 99.8 Å². The van der Waals surface area contributed by atoms with Gasteiger partial charge in [-0.05, 0) is 47.4 Å². The van der Waals surface area contributed by atoms with Gasteiger partial charge in [0.05, 0.1) is 5.58 Å². The van der Waals surface area contributed by atoms with Crippen LogP contribution in [0.25, 0.3) is 55.6 Å². The molecular formula is C43H40GeIrN2O-2. The van der Waals surface area contributed by atoms with Crippen molar-refractivity contribution in [1.82, 2.24) is 9.97 Å². The molecule has 3 heterocycles. The molecule has 243 valence electrons. The quantitative estimate of drug-likeness (QED) is 0.123. The summed E-state index contributed by atoms with van der Waals surface area (Å²) in [5.41, 5.74) is 9.65. The first-order valence-corrected chi connectivity index (χ1v) is 24.1. The fourth-order valence-electron chi connectivity index (χ4n) is 6.52. The second-order valence-electron chi connectivity index (χ2n) is 13.7. The monoisotopic (exact) mass is 867 g/mol. The van der Waals surface area contributed by atoms with Crippen LogP contribution in [0.2, 0.25) is 17.3 Å². The maximum Gasteiger partial charge on any atom is 0.121 e. The van der Waals surface area contributed by atoms with Crippen molar-refractivity contribution >= 4 is 39.6 Å². The van der Waals surface area contributed by atoms with Crippen molar-refractivity contribution in [2.45, 2.75) is 49.4 Å². The Balaban J connectivity index is 0.000000201. The summed E-state index contributed by atoms with van der Waals surface area (Å²) >= 11 is -1.72. The van der Waals surface area contributed by atoms with Gasteiger partial charge in [0.15, 0.2) is 0 Å². The normalized spacial score (nSPS) is 13.2. The van der Waals surface area contributed by atoms with Crippen LogP contribution in [0.15, 0.2) is 126 Å². The Labute approximate surface area is 300 Å². The van der Waals surface area contributed by atoms with Crippen molar-refractivity contribution in [1.29, 1.82) is 0 Å². The number of fused-ring (bicyclic) bond motifs is 3. The van der Waals surface area contributed by atoms with Crippen LogP contribution in [0.3, 0.4) is 0 Å². The minimum absolute atomic E-state index is 0. The van der Waals surface area contributed by atoms with Gasteiger partial charge in [0.2, 0.25) is 0 Å². The molecule has 48 heavy (non-hydrogen) atoms. The molecule has 1 saturated carbocycles. The molecule has 1 fully saturated rings. The van der Waals surface area contributed by atoms with Gasteiger partial charge < -0.3 is 9.40 Å². The largest absolute Gasteiger partial charge is 0.500 e. The summed E-state index contributed by atoms with van der Waals surface area (Å²) in [7, 11) is 0. The van der Waals surface area contributed by atoms with Crippen molar-refractivity contribution in [2.75, 3.05) is 0 Å². The van der Waals surface area contributed by atoms with Crippen LogP contribution in [0, 0.1) is 18.1 Å². The number of furan rings is 1. The fraction of sp³-hybridized carbons (Fsp3) is 0.209. The van der Waals surface area contributed by atoms with E-state index in [-0.39, 0.29) is 20.1 Å². The molecule has 0 spiro atoms. The number of pyridine rings is 2. The zero-order valence-corrected chi connectivity index (χ0v) is 32.3. The summed E-state index contributed by atoms with van der Waals surface area (Å²) < 4.78 is 7.54. The molecule has 0 aliphatic heterocycles. The Morgan fingerprint density at radius 2 is 1.50 bits per heavy atom. The summed E-state index contributed by atoms with van der Waals surface area (Å²) in [6, 6.07) is 44.3. The second kappa shape index (κ2) is 15.2. The van der Waals surface area contributed by atoms with Crippen molar-refractivity contribution in [3.8, 4) is 33.6 Å². The smallest absolute Gasteiger partial charge is 0.121 e. The van der Waals surface area contributed by atoms with Crippen LogP contribution in [-0.2, 0) is 26.5 Å². The Morgan fingerprint density at radius 1 is 0.708 bits per heavy atom. The van der Waals surface area contributed by atoms with E-state index < -0.39 is 13.3 Å². The van der Waals surface area contributed by atoms with Gasteiger partial charge in [-0.25, -0.2) is 0 Å². The van der Waals surface area contributed by atoms with E-state index in [0.717, 1.165) is 56.8 Å².